The second-order valence-corrected chi connectivity index (χ2v) is 26.5. The van der Waals surface area contributed by atoms with E-state index < -0.39 is 72.8 Å². The van der Waals surface area contributed by atoms with Gasteiger partial charge in [0.1, 0.15) is 37.2 Å². The first-order valence-electron chi connectivity index (χ1n) is 30.3. The predicted octanol–water partition coefficient (Wildman–Crippen LogP) is 11.0. The highest BCUT2D eigenvalue weighted by Crippen LogP contribution is 2.57. The predicted molar refractivity (Wildman–Crippen MR) is 342 cm³/mol. The van der Waals surface area contributed by atoms with Gasteiger partial charge in [-0.15, -0.1) is 11.6 Å². The van der Waals surface area contributed by atoms with Crippen LogP contribution in [0.3, 0.4) is 0 Å². The molecule has 3 aromatic carbocycles. The molecule has 4 N–H and O–H groups in total. The molecule has 25 heteroatoms. The lowest BCUT2D eigenvalue weighted by atomic mass is 9.96. The molecule has 3 aromatic rings. The number of amides is 6. The summed E-state index contributed by atoms with van der Waals surface area (Å²) in [6, 6.07) is 8.03. The average molecular weight is 1290 g/mol. The van der Waals surface area contributed by atoms with E-state index in [0.717, 1.165) is 16.0 Å². The number of allylic oxidation sites excluding steroid dienone is 2. The van der Waals surface area contributed by atoms with Crippen LogP contribution in [-0.4, -0.2) is 122 Å². The van der Waals surface area contributed by atoms with Gasteiger partial charge in [0, 0.05) is 61.1 Å². The van der Waals surface area contributed by atoms with Crippen molar-refractivity contribution in [3.63, 3.8) is 0 Å². The van der Waals surface area contributed by atoms with Crippen LogP contribution in [-0.2, 0) is 65.9 Å². The number of rotatable bonds is 29. The van der Waals surface area contributed by atoms with Crippen molar-refractivity contribution in [2.45, 2.75) is 175 Å². The van der Waals surface area contributed by atoms with Crippen LogP contribution in [0.15, 0.2) is 61.2 Å². The summed E-state index contributed by atoms with van der Waals surface area (Å²) < 4.78 is 66.2. The standard InChI is InChI=1S/C65H88ClN6O17P/c1-13-35-83-61(78)69-51(25-18-19-32-67-60(77)86-63(3,4)5)58(75)68-44-29-27-43(28-30-44)40-85-62(79)70-52-38-54(53(81-12)37-49(52)59(76)71-33-21-22-45(71)41-84-42(2)73)82-36-20-14-15-26-55(74)72-34-31-47-46-23-16-17-24-48(46)57(50(39-66)56(47)72)87-90(80,88-64(6,7)8)89-65(9,10)11/h13,16-17,23,27-31,37-38,45,51H,1,14-15,18-22,24-26,32-36,39-41H2,2-12H3,(H,67,77)(H,68,75)(H,69,78)(H,70,79)/t45-,51-/m0/s1. The first-order chi connectivity index (χ1) is 42.5. The molecule has 23 nitrogen and oxygen atoms in total. The number of methoxy groups -OCH3 is 1. The van der Waals surface area contributed by atoms with Gasteiger partial charge in [-0.05, 0) is 149 Å². The number of anilines is 3. The SMILES string of the molecule is C=CCOC(=O)N[C@@H](CCCCNC(=O)OC(C)(C)C)C(=O)Nc1ccc(COC(=O)Nc2cc(OCCCCCC(=O)N3CC=c4c3c(CCl)c(OP(=O)(OC(C)(C)C)OC(C)(C)C)c3c4=CC=CC3)c(OC)cc2C(=O)N2CCC[C@H]2COC(C)=O)cc1. The van der Waals surface area contributed by atoms with Gasteiger partial charge in [-0.25, -0.2) is 18.9 Å². The fourth-order valence-corrected chi connectivity index (χ4v) is 12.2. The molecule has 0 spiro atoms. The molecular formula is C65H88ClN6O17P. The van der Waals surface area contributed by atoms with Crippen molar-refractivity contribution in [1.82, 2.24) is 15.5 Å². The largest absolute Gasteiger partial charge is 0.531 e. The van der Waals surface area contributed by atoms with E-state index in [1.807, 2.05) is 24.3 Å². The summed E-state index contributed by atoms with van der Waals surface area (Å²) in [4.78, 5) is 95.3. The lowest BCUT2D eigenvalue weighted by Crippen LogP contribution is -2.44. The van der Waals surface area contributed by atoms with Crippen LogP contribution in [0, 0.1) is 0 Å². The number of halogens is 1. The number of carbonyl (C=O) groups is 7. The van der Waals surface area contributed by atoms with Gasteiger partial charge in [0.25, 0.3) is 5.91 Å². The Morgan fingerprint density at radius 3 is 2.21 bits per heavy atom. The second kappa shape index (κ2) is 32.4. The summed E-state index contributed by atoms with van der Waals surface area (Å²) in [5, 5.41) is 12.4. The third-order valence-corrected chi connectivity index (χ3v) is 16.1. The zero-order valence-corrected chi connectivity index (χ0v) is 55.3. The highest BCUT2D eigenvalue weighted by molar-refractivity contribution is 7.49. The van der Waals surface area contributed by atoms with Gasteiger partial charge in [0.05, 0.1) is 53.8 Å². The molecule has 0 saturated carbocycles. The van der Waals surface area contributed by atoms with Crippen molar-refractivity contribution < 1.29 is 80.1 Å². The van der Waals surface area contributed by atoms with Gasteiger partial charge in [-0.2, -0.15) is 0 Å². The molecule has 1 saturated heterocycles. The number of phosphoric acid groups is 1. The lowest BCUT2D eigenvalue weighted by Gasteiger charge is -2.32. The van der Waals surface area contributed by atoms with Crippen molar-refractivity contribution in [1.29, 1.82) is 0 Å². The highest BCUT2D eigenvalue weighted by Gasteiger charge is 2.41. The van der Waals surface area contributed by atoms with Gasteiger partial charge < -0.3 is 58.7 Å². The van der Waals surface area contributed by atoms with Gasteiger partial charge in [0.2, 0.25) is 11.8 Å². The van der Waals surface area contributed by atoms with Crippen LogP contribution in [0.5, 0.6) is 17.2 Å². The number of carbonyl (C=O) groups excluding carboxylic acids is 7. The normalized spacial score (nSPS) is 14.8. The molecule has 3 aliphatic rings. The Morgan fingerprint density at radius 2 is 1.56 bits per heavy atom. The number of likely N-dealkylation sites (tertiary alicyclic amines) is 1. The number of unbranched alkanes of at least 4 members (excludes halogenated alkanes) is 3. The van der Waals surface area contributed by atoms with Crippen LogP contribution >= 0.6 is 19.4 Å². The molecule has 2 atom stereocenters. The van der Waals surface area contributed by atoms with Gasteiger partial charge in [-0.3, -0.25) is 33.5 Å². The number of phosphoric ester groups is 1. The lowest BCUT2D eigenvalue weighted by molar-refractivity contribution is -0.142. The Labute approximate surface area is 532 Å². The Bertz CT molecular complexity index is 3280. The molecule has 492 valence electrons. The monoisotopic (exact) mass is 1290 g/mol. The minimum Gasteiger partial charge on any atom is -0.493 e. The van der Waals surface area contributed by atoms with Crippen molar-refractivity contribution in [3.05, 3.63) is 93.9 Å². The molecule has 6 rings (SSSR count). The summed E-state index contributed by atoms with van der Waals surface area (Å²) in [7, 11) is -2.84. The van der Waals surface area contributed by atoms with E-state index in [1.54, 1.807) is 96.4 Å². The van der Waals surface area contributed by atoms with E-state index in [-0.39, 0.29) is 86.1 Å². The Balaban J connectivity index is 1.10. The molecule has 0 aromatic heterocycles. The summed E-state index contributed by atoms with van der Waals surface area (Å²) in [5.41, 5.74) is 0.466. The van der Waals surface area contributed by atoms with Crippen LogP contribution in [0.2, 0.25) is 0 Å². The van der Waals surface area contributed by atoms with E-state index in [9.17, 15) is 38.1 Å². The molecule has 6 amide bonds. The van der Waals surface area contributed by atoms with Gasteiger partial charge >= 0.3 is 32.1 Å². The quantitative estimate of drug-likeness (QED) is 0.0126. The number of hydrogen-bond donors (Lipinski definition) is 4. The van der Waals surface area contributed by atoms with E-state index >= 15 is 0 Å². The summed E-state index contributed by atoms with van der Waals surface area (Å²) in [6.45, 7) is 21.5. The van der Waals surface area contributed by atoms with Crippen molar-refractivity contribution in [2.24, 2.45) is 0 Å². The van der Waals surface area contributed by atoms with Gasteiger partial charge in [-0.1, -0.05) is 49.1 Å². The summed E-state index contributed by atoms with van der Waals surface area (Å²) in [5.74, 6) is -0.960. The van der Waals surface area contributed by atoms with Gasteiger partial charge in [0.15, 0.2) is 11.5 Å². The molecule has 0 bridgehead atoms. The molecule has 0 unspecified atom stereocenters. The minimum absolute atomic E-state index is 0.00489. The van der Waals surface area contributed by atoms with Crippen molar-refractivity contribution in [3.8, 4) is 17.2 Å². The Morgan fingerprint density at radius 1 is 0.833 bits per heavy atom. The molecule has 90 heavy (non-hydrogen) atoms. The van der Waals surface area contributed by atoms with Crippen LogP contribution in [0.25, 0.3) is 12.2 Å². The molecular weight excluding hydrogens is 1200 g/mol. The number of alkyl carbamates (subject to hydrolysis) is 2. The van der Waals surface area contributed by atoms with E-state index in [2.05, 4.69) is 27.8 Å². The zero-order valence-electron chi connectivity index (χ0n) is 53.6. The molecule has 1 fully saturated rings. The topological polar surface area (TPSA) is 274 Å². The number of hydrogen-bond acceptors (Lipinski definition) is 17. The van der Waals surface area contributed by atoms with Crippen molar-refractivity contribution >= 4 is 90.6 Å². The fourth-order valence-electron chi connectivity index (χ4n) is 10.1. The number of esters is 1. The number of nitrogens with zero attached hydrogens (tertiary/aromatic N) is 2. The van der Waals surface area contributed by atoms with E-state index in [4.69, 9.17) is 53.6 Å². The zero-order chi connectivity index (χ0) is 66.0. The maximum Gasteiger partial charge on any atom is 0.531 e. The first-order valence-corrected chi connectivity index (χ1v) is 32.3. The average Bonchev–Trinajstić information content (AvgIpc) is 1.47. The Kier molecular flexibility index (Phi) is 25.8. The number of alkyl halides is 1. The fraction of sp³-hybridized carbons (Fsp3) is 0.523. The number of ether oxygens (including phenoxy) is 6. The number of fused-ring (bicyclic) bond motifs is 3. The maximum atomic E-state index is 14.5. The summed E-state index contributed by atoms with van der Waals surface area (Å²) in [6.07, 6.45) is 11.6. The third kappa shape index (κ3) is 21.5. The Hall–Kier alpha value is -7.59. The summed E-state index contributed by atoms with van der Waals surface area (Å²) >= 11 is 6.73. The molecule has 1 aliphatic carbocycles. The van der Waals surface area contributed by atoms with Crippen LogP contribution in [0.1, 0.15) is 154 Å². The maximum absolute atomic E-state index is 14.5. The second-order valence-electron chi connectivity index (χ2n) is 24.7. The highest BCUT2D eigenvalue weighted by atomic mass is 35.5. The third-order valence-electron chi connectivity index (χ3n) is 13.9. The van der Waals surface area contributed by atoms with Crippen molar-refractivity contribution in [2.75, 3.05) is 62.1 Å². The number of nitrogens with one attached hydrogen (secondary N) is 4. The molecule has 2 heterocycles. The van der Waals surface area contributed by atoms with Crippen LogP contribution < -0.4 is 50.6 Å². The minimum atomic E-state index is -4.27. The van der Waals surface area contributed by atoms with E-state index in [1.165, 1.54) is 32.2 Å². The van der Waals surface area contributed by atoms with E-state index in [0.29, 0.717) is 87.0 Å². The first kappa shape index (κ1) is 71.5. The molecule has 0 radical (unpaired) electrons. The van der Waals surface area contributed by atoms with Crippen LogP contribution in [0.4, 0.5) is 31.4 Å². The smallest absolute Gasteiger partial charge is 0.493 e. The number of benzene rings is 3. The molecule has 2 aliphatic heterocycles.